The van der Waals surface area contributed by atoms with Gasteiger partial charge in [0.05, 0.1) is 0 Å². The van der Waals surface area contributed by atoms with E-state index < -0.39 is 0 Å². The minimum atomic E-state index is 0.255. The fourth-order valence-corrected chi connectivity index (χ4v) is 2.45. The molecule has 0 N–H and O–H groups in total. The second-order valence-corrected chi connectivity index (χ2v) is 4.92. The topological polar surface area (TPSA) is 0 Å². The van der Waals surface area contributed by atoms with Crippen LogP contribution < -0.4 is 0 Å². The maximum Gasteiger partial charge on any atom is 0.0116 e. The molecule has 0 heteroatoms. The van der Waals surface area contributed by atoms with Gasteiger partial charge in [-0.1, -0.05) is 79.8 Å². The summed E-state index contributed by atoms with van der Waals surface area (Å²) in [5, 5.41) is 0. The molecule has 0 nitrogen and oxygen atoms in total. The first-order valence-electron chi connectivity index (χ1n) is 7.57. The number of allylic oxidation sites excluding steroid dienone is 8. The second-order valence-electron chi connectivity index (χ2n) is 4.92. The van der Waals surface area contributed by atoms with E-state index in [0.717, 1.165) is 6.42 Å². The molecule has 2 atom stereocenters. The molecule has 0 saturated heterocycles. The highest BCUT2D eigenvalue weighted by Gasteiger charge is 2.17. The van der Waals surface area contributed by atoms with Crippen LogP contribution in [0.25, 0.3) is 0 Å². The van der Waals surface area contributed by atoms with Crippen molar-refractivity contribution in [3.63, 3.8) is 0 Å². The second kappa shape index (κ2) is 9.77. The molecule has 110 valence electrons. The Labute approximate surface area is 129 Å². The fraction of sp³-hybridized carbons (Fsp3) is 0.238. The summed E-state index contributed by atoms with van der Waals surface area (Å²) in [6, 6.07) is 8.59. The van der Waals surface area contributed by atoms with E-state index in [1.165, 1.54) is 11.1 Å². The average molecular weight is 278 g/mol. The van der Waals surface area contributed by atoms with Crippen molar-refractivity contribution in [2.45, 2.75) is 26.2 Å². The molecule has 0 aliphatic heterocycles. The summed E-state index contributed by atoms with van der Waals surface area (Å²) in [7, 11) is 0. The highest BCUT2D eigenvalue weighted by atomic mass is 14.2. The SMILES string of the molecule is C=CC(\C=C/C=C\C=C\C)C(C=C)c1ccccc1CC. The lowest BCUT2D eigenvalue weighted by Crippen LogP contribution is -2.08. The maximum atomic E-state index is 4.03. The van der Waals surface area contributed by atoms with Crippen molar-refractivity contribution in [3.05, 3.63) is 97.2 Å². The van der Waals surface area contributed by atoms with Crippen molar-refractivity contribution in [1.82, 2.24) is 0 Å². The number of aryl methyl sites for hydroxylation is 1. The van der Waals surface area contributed by atoms with E-state index in [9.17, 15) is 0 Å². The van der Waals surface area contributed by atoms with E-state index in [2.05, 4.69) is 56.5 Å². The Morgan fingerprint density at radius 1 is 1.00 bits per heavy atom. The lowest BCUT2D eigenvalue weighted by Gasteiger charge is -2.21. The van der Waals surface area contributed by atoms with Crippen LogP contribution in [-0.4, -0.2) is 0 Å². The Kier molecular flexibility index (Phi) is 7.89. The number of hydrogen-bond acceptors (Lipinski definition) is 0. The first-order chi connectivity index (χ1) is 10.3. The first-order valence-corrected chi connectivity index (χ1v) is 7.57. The molecule has 21 heavy (non-hydrogen) atoms. The largest absolute Gasteiger partial charge is 0.102 e. The van der Waals surface area contributed by atoms with Crippen molar-refractivity contribution in [3.8, 4) is 0 Å². The number of benzene rings is 1. The van der Waals surface area contributed by atoms with E-state index >= 15 is 0 Å². The smallest absolute Gasteiger partial charge is 0.0116 e. The maximum absolute atomic E-state index is 4.03. The molecule has 0 radical (unpaired) electrons. The first kappa shape index (κ1) is 17.0. The molecule has 0 aliphatic rings. The van der Waals surface area contributed by atoms with Crippen molar-refractivity contribution >= 4 is 0 Å². The summed E-state index contributed by atoms with van der Waals surface area (Å²) in [6.45, 7) is 12.2. The Balaban J connectivity index is 2.99. The molecule has 1 aromatic carbocycles. The molecule has 0 fully saturated rings. The Hall–Kier alpha value is -2.08. The van der Waals surface area contributed by atoms with Gasteiger partial charge in [-0.25, -0.2) is 0 Å². The van der Waals surface area contributed by atoms with Gasteiger partial charge in [-0.3, -0.25) is 0 Å². The zero-order valence-corrected chi connectivity index (χ0v) is 13.2. The summed E-state index contributed by atoms with van der Waals surface area (Å²) in [5.41, 5.74) is 2.73. The molecule has 2 unspecified atom stereocenters. The van der Waals surface area contributed by atoms with Crippen molar-refractivity contribution < 1.29 is 0 Å². The normalized spacial score (nSPS) is 14.8. The van der Waals surface area contributed by atoms with Gasteiger partial charge in [0.15, 0.2) is 0 Å². The van der Waals surface area contributed by atoms with Crippen LogP contribution in [0.3, 0.4) is 0 Å². The minimum absolute atomic E-state index is 0.255. The van der Waals surface area contributed by atoms with E-state index in [-0.39, 0.29) is 11.8 Å². The zero-order valence-electron chi connectivity index (χ0n) is 13.2. The zero-order chi connectivity index (χ0) is 15.5. The molecule has 1 rings (SSSR count). The van der Waals surface area contributed by atoms with Crippen molar-refractivity contribution in [2.24, 2.45) is 5.92 Å². The highest BCUT2D eigenvalue weighted by Crippen LogP contribution is 2.30. The van der Waals surface area contributed by atoms with Gasteiger partial charge >= 0.3 is 0 Å². The molecule has 1 aromatic rings. The van der Waals surface area contributed by atoms with Crippen LogP contribution in [0.5, 0.6) is 0 Å². The van der Waals surface area contributed by atoms with Gasteiger partial charge in [-0.15, -0.1) is 13.2 Å². The van der Waals surface area contributed by atoms with Gasteiger partial charge in [0.25, 0.3) is 0 Å². The summed E-state index contributed by atoms with van der Waals surface area (Å²) >= 11 is 0. The summed E-state index contributed by atoms with van der Waals surface area (Å²) < 4.78 is 0. The van der Waals surface area contributed by atoms with Crippen LogP contribution in [0.15, 0.2) is 86.0 Å². The molecular weight excluding hydrogens is 252 g/mol. The Bertz CT molecular complexity index is 529. The predicted octanol–water partition coefficient (Wildman–Crippen LogP) is 6.01. The molecule has 0 bridgehead atoms. The molecule has 0 spiro atoms. The third-order valence-corrected chi connectivity index (χ3v) is 3.60. The quantitative estimate of drug-likeness (QED) is 0.403. The number of rotatable bonds is 8. The highest BCUT2D eigenvalue weighted by molar-refractivity contribution is 5.35. The lowest BCUT2D eigenvalue weighted by atomic mass is 9.83. The van der Waals surface area contributed by atoms with E-state index in [1.807, 2.05) is 43.4 Å². The lowest BCUT2D eigenvalue weighted by molar-refractivity contribution is 0.702. The van der Waals surface area contributed by atoms with Gasteiger partial charge in [0, 0.05) is 11.8 Å². The number of hydrogen-bond donors (Lipinski definition) is 0. The standard InChI is InChI=1S/C21H26/c1-5-9-10-11-12-15-18(6-2)20(8-4)21-17-14-13-16-19(21)7-3/h5-6,8-18,20H,2,4,7H2,1,3H3/b9-5+,11-10-,15-12-. The van der Waals surface area contributed by atoms with Gasteiger partial charge in [0.2, 0.25) is 0 Å². The van der Waals surface area contributed by atoms with Gasteiger partial charge < -0.3 is 0 Å². The van der Waals surface area contributed by atoms with Crippen LogP contribution in [0, 0.1) is 5.92 Å². The van der Waals surface area contributed by atoms with Crippen molar-refractivity contribution in [2.75, 3.05) is 0 Å². The Morgan fingerprint density at radius 2 is 1.71 bits per heavy atom. The van der Waals surface area contributed by atoms with Gasteiger partial charge in [0.1, 0.15) is 0 Å². The van der Waals surface area contributed by atoms with Crippen LogP contribution >= 0.6 is 0 Å². The monoisotopic (exact) mass is 278 g/mol. The van der Waals surface area contributed by atoms with E-state index in [4.69, 9.17) is 0 Å². The van der Waals surface area contributed by atoms with Crippen molar-refractivity contribution in [1.29, 1.82) is 0 Å². The van der Waals surface area contributed by atoms with E-state index in [0.29, 0.717) is 0 Å². The summed E-state index contributed by atoms with van der Waals surface area (Å²) in [6.07, 6.45) is 17.4. The molecular formula is C21H26. The van der Waals surface area contributed by atoms with Gasteiger partial charge in [-0.2, -0.15) is 0 Å². The third kappa shape index (κ3) is 5.07. The summed E-state index contributed by atoms with van der Waals surface area (Å²) in [4.78, 5) is 0. The van der Waals surface area contributed by atoms with Crippen LogP contribution in [0.1, 0.15) is 30.9 Å². The molecule has 0 amide bonds. The third-order valence-electron chi connectivity index (χ3n) is 3.60. The fourth-order valence-electron chi connectivity index (χ4n) is 2.45. The predicted molar refractivity (Wildman–Crippen MR) is 95.5 cm³/mol. The molecule has 0 heterocycles. The molecule has 0 saturated carbocycles. The molecule has 0 aromatic heterocycles. The van der Waals surface area contributed by atoms with Crippen LogP contribution in [-0.2, 0) is 6.42 Å². The van der Waals surface area contributed by atoms with Crippen LogP contribution in [0.2, 0.25) is 0 Å². The van der Waals surface area contributed by atoms with E-state index in [1.54, 1.807) is 0 Å². The minimum Gasteiger partial charge on any atom is -0.102 e. The van der Waals surface area contributed by atoms with Crippen LogP contribution in [0.4, 0.5) is 0 Å². The molecule has 0 aliphatic carbocycles. The Morgan fingerprint density at radius 3 is 2.33 bits per heavy atom. The van der Waals surface area contributed by atoms with Gasteiger partial charge in [-0.05, 0) is 24.5 Å². The average Bonchev–Trinajstić information content (AvgIpc) is 2.54. The summed E-state index contributed by atoms with van der Waals surface area (Å²) in [5.74, 6) is 0.524.